The van der Waals surface area contributed by atoms with Gasteiger partial charge in [0.1, 0.15) is 0 Å². The molecule has 0 saturated heterocycles. The molecule has 0 amide bonds. The minimum atomic E-state index is -4.43. The summed E-state index contributed by atoms with van der Waals surface area (Å²) in [6.45, 7) is 4.89. The SMILES string of the molecule is CC(=O)c1cc2cccc(C(F)(F)F)c2n1C(C)C. The monoisotopic (exact) mass is 269 g/mol. The number of carbonyl (C=O) groups excluding carboxylic acids is 1. The van der Waals surface area contributed by atoms with Gasteiger partial charge in [-0.05, 0) is 26.0 Å². The molecule has 1 aromatic carbocycles. The minimum absolute atomic E-state index is 0.0789. The van der Waals surface area contributed by atoms with Crippen molar-refractivity contribution in [1.29, 1.82) is 0 Å². The first-order valence-electron chi connectivity index (χ1n) is 5.95. The van der Waals surface area contributed by atoms with Crippen LogP contribution in [0.15, 0.2) is 24.3 Å². The van der Waals surface area contributed by atoms with Crippen LogP contribution in [0, 0.1) is 0 Å². The van der Waals surface area contributed by atoms with Gasteiger partial charge in [-0.1, -0.05) is 12.1 Å². The van der Waals surface area contributed by atoms with Crippen molar-refractivity contribution in [1.82, 2.24) is 4.57 Å². The van der Waals surface area contributed by atoms with Crippen molar-refractivity contribution >= 4 is 16.7 Å². The lowest BCUT2D eigenvalue weighted by Crippen LogP contribution is -2.13. The molecule has 0 bridgehead atoms. The molecule has 2 aromatic rings. The molecule has 0 spiro atoms. The molecule has 2 rings (SSSR count). The molecule has 0 saturated carbocycles. The summed E-state index contributed by atoms with van der Waals surface area (Å²) in [6.07, 6.45) is -4.43. The lowest BCUT2D eigenvalue weighted by atomic mass is 10.1. The fraction of sp³-hybridized carbons (Fsp3) is 0.357. The standard InChI is InChI=1S/C14H14F3NO/c1-8(2)18-12(9(3)19)7-10-5-4-6-11(13(10)18)14(15,16)17/h4-8H,1-3H3. The number of aromatic nitrogens is 1. The van der Waals surface area contributed by atoms with E-state index in [1.54, 1.807) is 19.9 Å². The maximum atomic E-state index is 13.1. The summed E-state index contributed by atoms with van der Waals surface area (Å²) >= 11 is 0. The quantitative estimate of drug-likeness (QED) is 0.738. The molecule has 0 fully saturated rings. The molecule has 1 heterocycles. The molecule has 19 heavy (non-hydrogen) atoms. The van der Waals surface area contributed by atoms with Crippen LogP contribution < -0.4 is 0 Å². The summed E-state index contributed by atoms with van der Waals surface area (Å²) in [5.74, 6) is -0.238. The maximum Gasteiger partial charge on any atom is 0.418 e. The van der Waals surface area contributed by atoms with Crippen molar-refractivity contribution in [3.05, 3.63) is 35.5 Å². The molecule has 0 atom stereocenters. The predicted octanol–water partition coefficient (Wildman–Crippen LogP) is 4.44. The van der Waals surface area contributed by atoms with Crippen LogP contribution >= 0.6 is 0 Å². The van der Waals surface area contributed by atoms with Crippen LogP contribution in [0.4, 0.5) is 13.2 Å². The first-order chi connectivity index (χ1) is 8.73. The second-order valence-corrected chi connectivity index (χ2v) is 4.79. The Morgan fingerprint density at radius 3 is 2.37 bits per heavy atom. The summed E-state index contributed by atoms with van der Waals surface area (Å²) in [4.78, 5) is 11.6. The molecule has 0 N–H and O–H groups in total. The third-order valence-electron chi connectivity index (χ3n) is 3.04. The van der Waals surface area contributed by atoms with Crippen LogP contribution in [0.3, 0.4) is 0 Å². The van der Waals surface area contributed by atoms with Gasteiger partial charge in [0.15, 0.2) is 5.78 Å². The fourth-order valence-electron chi connectivity index (χ4n) is 2.32. The Labute approximate surface area is 108 Å². The van der Waals surface area contributed by atoms with Crippen LogP contribution in [-0.4, -0.2) is 10.4 Å². The molecule has 1 aromatic heterocycles. The van der Waals surface area contributed by atoms with Gasteiger partial charge in [0.05, 0.1) is 16.8 Å². The van der Waals surface area contributed by atoms with Crippen LogP contribution in [-0.2, 0) is 6.18 Å². The highest BCUT2D eigenvalue weighted by Crippen LogP contribution is 2.37. The Morgan fingerprint density at radius 1 is 1.26 bits per heavy atom. The average Bonchev–Trinajstić information content (AvgIpc) is 2.66. The van der Waals surface area contributed by atoms with E-state index in [9.17, 15) is 18.0 Å². The van der Waals surface area contributed by atoms with E-state index in [4.69, 9.17) is 0 Å². The van der Waals surface area contributed by atoms with E-state index in [0.717, 1.165) is 6.07 Å². The first-order valence-corrected chi connectivity index (χ1v) is 5.95. The van der Waals surface area contributed by atoms with E-state index < -0.39 is 11.7 Å². The lowest BCUT2D eigenvalue weighted by molar-refractivity contribution is -0.136. The molecule has 0 aliphatic heterocycles. The highest BCUT2D eigenvalue weighted by molar-refractivity contribution is 5.99. The van der Waals surface area contributed by atoms with Gasteiger partial charge < -0.3 is 4.57 Å². The number of benzene rings is 1. The molecule has 0 aliphatic rings. The van der Waals surface area contributed by atoms with E-state index in [0.29, 0.717) is 11.1 Å². The smallest absolute Gasteiger partial charge is 0.335 e. The Balaban J connectivity index is 2.92. The Morgan fingerprint density at radius 2 is 1.89 bits per heavy atom. The highest BCUT2D eigenvalue weighted by atomic mass is 19.4. The van der Waals surface area contributed by atoms with Crippen molar-refractivity contribution in [2.75, 3.05) is 0 Å². The molecule has 102 valence electrons. The van der Waals surface area contributed by atoms with E-state index in [-0.39, 0.29) is 17.3 Å². The predicted molar refractivity (Wildman–Crippen MR) is 67.3 cm³/mol. The molecule has 0 radical (unpaired) electrons. The second kappa shape index (κ2) is 4.40. The molecular weight excluding hydrogens is 255 g/mol. The van der Waals surface area contributed by atoms with Gasteiger partial charge in [-0.15, -0.1) is 0 Å². The van der Waals surface area contributed by atoms with Crippen molar-refractivity contribution in [3.63, 3.8) is 0 Å². The molecule has 0 aliphatic carbocycles. The number of nitrogens with zero attached hydrogens (tertiary/aromatic N) is 1. The zero-order chi connectivity index (χ0) is 14.4. The van der Waals surface area contributed by atoms with E-state index in [1.807, 2.05) is 0 Å². The zero-order valence-electron chi connectivity index (χ0n) is 10.9. The zero-order valence-corrected chi connectivity index (χ0v) is 10.9. The topological polar surface area (TPSA) is 22.0 Å². The van der Waals surface area contributed by atoms with Crippen molar-refractivity contribution < 1.29 is 18.0 Å². The Hall–Kier alpha value is -1.78. The molecular formula is C14H14F3NO. The summed E-state index contributed by atoms with van der Waals surface area (Å²) in [7, 11) is 0. The van der Waals surface area contributed by atoms with Crippen LogP contribution in [0.2, 0.25) is 0 Å². The van der Waals surface area contributed by atoms with Gasteiger partial charge in [0.2, 0.25) is 0 Å². The number of hydrogen-bond donors (Lipinski definition) is 0. The number of rotatable bonds is 2. The van der Waals surface area contributed by atoms with Gasteiger partial charge in [-0.25, -0.2) is 0 Å². The van der Waals surface area contributed by atoms with Gasteiger partial charge >= 0.3 is 6.18 Å². The fourth-order valence-corrected chi connectivity index (χ4v) is 2.32. The van der Waals surface area contributed by atoms with Gasteiger partial charge in [-0.2, -0.15) is 13.2 Å². The van der Waals surface area contributed by atoms with Crippen LogP contribution in [0.25, 0.3) is 10.9 Å². The lowest BCUT2D eigenvalue weighted by Gasteiger charge is -2.16. The molecule has 0 unspecified atom stereocenters. The minimum Gasteiger partial charge on any atom is -0.335 e. The van der Waals surface area contributed by atoms with Gasteiger partial charge in [-0.3, -0.25) is 4.79 Å². The summed E-state index contributed by atoms with van der Waals surface area (Å²) in [5.41, 5.74) is -0.317. The van der Waals surface area contributed by atoms with Crippen LogP contribution in [0.1, 0.15) is 42.9 Å². The average molecular weight is 269 g/mol. The first kappa shape index (κ1) is 13.6. The third kappa shape index (κ3) is 2.25. The number of alkyl halides is 3. The normalized spacial score (nSPS) is 12.4. The third-order valence-corrected chi connectivity index (χ3v) is 3.04. The Bertz CT molecular complexity index is 638. The molecule has 2 nitrogen and oxygen atoms in total. The number of Topliss-reactive ketones (excluding diaryl/α,β-unsaturated/α-hetero) is 1. The molecule has 5 heteroatoms. The second-order valence-electron chi connectivity index (χ2n) is 4.79. The number of para-hydroxylation sites is 1. The van der Waals surface area contributed by atoms with Gasteiger partial charge in [0.25, 0.3) is 0 Å². The largest absolute Gasteiger partial charge is 0.418 e. The van der Waals surface area contributed by atoms with Crippen molar-refractivity contribution in [2.45, 2.75) is 33.0 Å². The number of halogens is 3. The summed E-state index contributed by atoms with van der Waals surface area (Å²) in [5, 5.41) is 0.439. The van der Waals surface area contributed by atoms with Gasteiger partial charge in [0, 0.05) is 18.4 Å². The number of fused-ring (bicyclic) bond motifs is 1. The van der Waals surface area contributed by atoms with E-state index >= 15 is 0 Å². The number of hydrogen-bond acceptors (Lipinski definition) is 1. The highest BCUT2D eigenvalue weighted by Gasteiger charge is 2.34. The maximum absolute atomic E-state index is 13.1. The number of ketones is 1. The van der Waals surface area contributed by atoms with E-state index in [1.165, 1.54) is 23.6 Å². The Kier molecular flexibility index (Phi) is 3.16. The number of carbonyl (C=O) groups is 1. The van der Waals surface area contributed by atoms with E-state index in [2.05, 4.69) is 0 Å². The van der Waals surface area contributed by atoms with Crippen LogP contribution in [0.5, 0.6) is 0 Å². The summed E-state index contributed by atoms with van der Waals surface area (Å²) < 4.78 is 40.7. The van der Waals surface area contributed by atoms with Crippen molar-refractivity contribution in [2.24, 2.45) is 0 Å². The van der Waals surface area contributed by atoms with Crippen molar-refractivity contribution in [3.8, 4) is 0 Å². The summed E-state index contributed by atoms with van der Waals surface area (Å²) in [6, 6.07) is 5.30.